The number of aromatic nitrogens is 1. The van der Waals surface area contributed by atoms with Crippen LogP contribution in [0.15, 0.2) is 30.5 Å². The van der Waals surface area contributed by atoms with Gasteiger partial charge < -0.3 is 10.6 Å². The smallest absolute Gasteiger partial charge is 0.289 e. The number of halogens is 1. The highest BCUT2D eigenvalue weighted by molar-refractivity contribution is 6.33. The van der Waals surface area contributed by atoms with Gasteiger partial charge in [0.1, 0.15) is 12.0 Å². The van der Waals surface area contributed by atoms with Crippen LogP contribution in [0.1, 0.15) is 26.3 Å². The van der Waals surface area contributed by atoms with Crippen molar-refractivity contribution in [1.82, 2.24) is 4.98 Å². The molecular formula is C17H19ClN4O3. The Morgan fingerprint density at radius 3 is 2.52 bits per heavy atom. The van der Waals surface area contributed by atoms with Crippen LogP contribution in [0.5, 0.6) is 0 Å². The van der Waals surface area contributed by atoms with E-state index in [0.717, 1.165) is 11.8 Å². The van der Waals surface area contributed by atoms with Crippen molar-refractivity contribution in [2.75, 3.05) is 10.6 Å². The molecule has 0 fully saturated rings. The summed E-state index contributed by atoms with van der Waals surface area (Å²) in [7, 11) is 0. The van der Waals surface area contributed by atoms with Gasteiger partial charge >= 0.3 is 0 Å². The molecule has 7 nitrogen and oxygen atoms in total. The van der Waals surface area contributed by atoms with Crippen LogP contribution in [0, 0.1) is 22.5 Å². The van der Waals surface area contributed by atoms with Gasteiger partial charge in [-0.25, -0.2) is 4.98 Å². The van der Waals surface area contributed by atoms with Gasteiger partial charge in [0.2, 0.25) is 5.91 Å². The third kappa shape index (κ3) is 4.67. The molecule has 0 radical (unpaired) electrons. The van der Waals surface area contributed by atoms with E-state index in [1.54, 1.807) is 6.07 Å². The van der Waals surface area contributed by atoms with Gasteiger partial charge in [0.05, 0.1) is 9.95 Å². The van der Waals surface area contributed by atoms with Gasteiger partial charge in [0, 0.05) is 22.9 Å². The van der Waals surface area contributed by atoms with E-state index in [1.165, 1.54) is 6.07 Å². The number of amides is 1. The van der Waals surface area contributed by atoms with Gasteiger partial charge in [-0.15, -0.1) is 0 Å². The van der Waals surface area contributed by atoms with Gasteiger partial charge in [0.15, 0.2) is 0 Å². The quantitative estimate of drug-likeness (QED) is 0.608. The zero-order valence-electron chi connectivity index (χ0n) is 14.4. The van der Waals surface area contributed by atoms with Crippen molar-refractivity contribution in [3.8, 4) is 0 Å². The standard InChI is InChI=1S/C17H19ClN4O3/c1-10-5-6-11(7-14(10)21-16(23)17(2,3)4)20-15-13(18)8-12(9-19-15)22(24)25/h5-9H,1-4H3,(H,19,20)(H,21,23). The molecular weight excluding hydrogens is 344 g/mol. The monoisotopic (exact) mass is 362 g/mol. The third-order valence-electron chi connectivity index (χ3n) is 3.47. The average molecular weight is 363 g/mol. The normalized spacial score (nSPS) is 11.1. The Bertz CT molecular complexity index is 831. The van der Waals surface area contributed by atoms with Gasteiger partial charge in [-0.3, -0.25) is 14.9 Å². The number of hydrogen-bond donors (Lipinski definition) is 2. The number of hydrogen-bond acceptors (Lipinski definition) is 5. The van der Waals surface area contributed by atoms with Crippen LogP contribution < -0.4 is 10.6 Å². The second kappa shape index (κ2) is 7.06. The first kappa shape index (κ1) is 18.7. The summed E-state index contributed by atoms with van der Waals surface area (Å²) in [5.41, 5.74) is 1.53. The third-order valence-corrected chi connectivity index (χ3v) is 3.76. The first-order chi connectivity index (χ1) is 11.6. The number of aryl methyl sites for hydroxylation is 1. The Hall–Kier alpha value is -2.67. The first-order valence-electron chi connectivity index (χ1n) is 7.57. The van der Waals surface area contributed by atoms with Crippen molar-refractivity contribution in [2.45, 2.75) is 27.7 Å². The maximum absolute atomic E-state index is 12.2. The fraction of sp³-hybridized carbons (Fsp3) is 0.294. The molecule has 2 rings (SSSR count). The van der Waals surface area contributed by atoms with Crippen molar-refractivity contribution in [1.29, 1.82) is 0 Å². The molecule has 0 aliphatic heterocycles. The summed E-state index contributed by atoms with van der Waals surface area (Å²) in [5.74, 6) is 0.198. The highest BCUT2D eigenvalue weighted by atomic mass is 35.5. The highest BCUT2D eigenvalue weighted by Gasteiger charge is 2.21. The van der Waals surface area contributed by atoms with Crippen LogP contribution in [0.2, 0.25) is 5.02 Å². The average Bonchev–Trinajstić information content (AvgIpc) is 2.51. The number of carbonyl (C=O) groups excluding carboxylic acids is 1. The lowest BCUT2D eigenvalue weighted by molar-refractivity contribution is -0.385. The largest absolute Gasteiger partial charge is 0.339 e. The molecule has 8 heteroatoms. The van der Waals surface area contributed by atoms with E-state index in [1.807, 2.05) is 39.8 Å². The van der Waals surface area contributed by atoms with Crippen LogP contribution >= 0.6 is 11.6 Å². The first-order valence-corrected chi connectivity index (χ1v) is 7.95. The second-order valence-electron chi connectivity index (χ2n) is 6.64. The van der Waals surface area contributed by atoms with Gasteiger partial charge in [-0.05, 0) is 24.6 Å². The Balaban J connectivity index is 2.25. The number of pyridine rings is 1. The Morgan fingerprint density at radius 1 is 1.28 bits per heavy atom. The van der Waals surface area contributed by atoms with Crippen molar-refractivity contribution < 1.29 is 9.72 Å². The summed E-state index contributed by atoms with van der Waals surface area (Å²) in [5, 5.41) is 16.8. The summed E-state index contributed by atoms with van der Waals surface area (Å²) in [4.78, 5) is 26.3. The number of rotatable bonds is 4. The summed E-state index contributed by atoms with van der Waals surface area (Å²) < 4.78 is 0. The molecule has 0 unspecified atom stereocenters. The molecule has 0 saturated carbocycles. The van der Waals surface area contributed by atoms with Crippen LogP contribution in [0.4, 0.5) is 22.9 Å². The molecule has 0 bridgehead atoms. The molecule has 1 heterocycles. The predicted octanol–water partition coefficient (Wildman–Crippen LogP) is 4.68. The minimum Gasteiger partial charge on any atom is -0.339 e. The lowest BCUT2D eigenvalue weighted by atomic mass is 9.95. The Morgan fingerprint density at radius 2 is 1.96 bits per heavy atom. The molecule has 2 N–H and O–H groups in total. The van der Waals surface area contributed by atoms with Crippen molar-refractivity contribution >= 4 is 40.4 Å². The Labute approximate surface area is 150 Å². The van der Waals surface area contributed by atoms with E-state index in [2.05, 4.69) is 15.6 Å². The fourth-order valence-corrected chi connectivity index (χ4v) is 2.11. The van der Waals surface area contributed by atoms with Crippen LogP contribution in [0.25, 0.3) is 0 Å². The molecule has 0 spiro atoms. The van der Waals surface area contributed by atoms with E-state index >= 15 is 0 Å². The van der Waals surface area contributed by atoms with E-state index in [9.17, 15) is 14.9 Å². The van der Waals surface area contributed by atoms with E-state index in [0.29, 0.717) is 17.2 Å². The number of anilines is 3. The van der Waals surface area contributed by atoms with Crippen LogP contribution in [0.3, 0.4) is 0 Å². The lowest BCUT2D eigenvalue weighted by Gasteiger charge is -2.19. The van der Waals surface area contributed by atoms with Gasteiger partial charge in [0.25, 0.3) is 5.69 Å². The predicted molar refractivity (Wildman–Crippen MR) is 98.4 cm³/mol. The summed E-state index contributed by atoms with van der Waals surface area (Å²) in [6.07, 6.45) is 1.13. The molecule has 0 atom stereocenters. The van der Waals surface area contributed by atoms with E-state index in [4.69, 9.17) is 11.6 Å². The highest BCUT2D eigenvalue weighted by Crippen LogP contribution is 2.29. The van der Waals surface area contributed by atoms with E-state index in [-0.39, 0.29) is 16.6 Å². The molecule has 132 valence electrons. The summed E-state index contributed by atoms with van der Waals surface area (Å²) in [6.45, 7) is 7.39. The fourth-order valence-electron chi connectivity index (χ4n) is 1.90. The van der Waals surface area contributed by atoms with Crippen molar-refractivity contribution in [3.05, 3.63) is 51.2 Å². The number of nitro groups is 1. The van der Waals surface area contributed by atoms with E-state index < -0.39 is 10.3 Å². The van der Waals surface area contributed by atoms with Crippen molar-refractivity contribution in [2.24, 2.45) is 5.41 Å². The zero-order valence-corrected chi connectivity index (χ0v) is 15.1. The maximum Gasteiger partial charge on any atom is 0.289 e. The molecule has 1 aromatic carbocycles. The van der Waals surface area contributed by atoms with Gasteiger partial charge in [-0.1, -0.05) is 38.4 Å². The molecule has 2 aromatic rings. The molecule has 25 heavy (non-hydrogen) atoms. The number of benzene rings is 1. The number of nitrogens with zero attached hydrogens (tertiary/aromatic N) is 2. The number of carbonyl (C=O) groups is 1. The second-order valence-corrected chi connectivity index (χ2v) is 7.05. The van der Waals surface area contributed by atoms with Gasteiger partial charge in [-0.2, -0.15) is 0 Å². The summed E-state index contributed by atoms with van der Waals surface area (Å²) in [6, 6.07) is 6.65. The summed E-state index contributed by atoms with van der Waals surface area (Å²) >= 11 is 6.04. The Kier molecular flexibility index (Phi) is 5.27. The minimum atomic E-state index is -0.561. The number of nitrogens with one attached hydrogen (secondary N) is 2. The maximum atomic E-state index is 12.2. The molecule has 1 amide bonds. The molecule has 0 aliphatic carbocycles. The van der Waals surface area contributed by atoms with Crippen molar-refractivity contribution in [3.63, 3.8) is 0 Å². The van der Waals surface area contributed by atoms with Crippen LogP contribution in [-0.4, -0.2) is 15.8 Å². The molecule has 0 saturated heterocycles. The molecule has 1 aromatic heterocycles. The zero-order chi connectivity index (χ0) is 18.8. The minimum absolute atomic E-state index is 0.0979. The lowest BCUT2D eigenvalue weighted by Crippen LogP contribution is -2.27. The van der Waals surface area contributed by atoms with Crippen LogP contribution in [-0.2, 0) is 4.79 Å². The SMILES string of the molecule is Cc1ccc(Nc2ncc([N+](=O)[O-])cc2Cl)cc1NC(=O)C(C)(C)C. The topological polar surface area (TPSA) is 97.2 Å². The molecule has 0 aliphatic rings.